The molecule has 7 heteroatoms. The number of hydrogen-bond donors (Lipinski definition) is 4. The summed E-state index contributed by atoms with van der Waals surface area (Å²) in [7, 11) is 7.41. The molecule has 0 radical (unpaired) electrons. The van der Waals surface area contributed by atoms with E-state index in [2.05, 4.69) is 10.6 Å². The van der Waals surface area contributed by atoms with Crippen molar-refractivity contribution >= 4 is 17.1 Å². The Morgan fingerprint density at radius 3 is 2.30 bits per heavy atom. The Bertz CT molecular complexity index is 1060. The van der Waals surface area contributed by atoms with Crippen LogP contribution < -0.4 is 10.6 Å². The third-order valence-corrected chi connectivity index (χ3v) is 5.73. The van der Waals surface area contributed by atoms with Crippen LogP contribution in [0.4, 0.5) is 14.5 Å². The van der Waals surface area contributed by atoms with E-state index in [1.54, 1.807) is 20.0 Å². The number of hydrogen-bond acceptors (Lipinski definition) is 5. The lowest BCUT2D eigenvalue weighted by atomic mass is 9.92. The summed E-state index contributed by atoms with van der Waals surface area (Å²) in [5.74, 6) is -1.70. The van der Waals surface area contributed by atoms with Gasteiger partial charge in [0.2, 0.25) is 0 Å². The van der Waals surface area contributed by atoms with Gasteiger partial charge in [-0.15, -0.1) is 0 Å². The minimum atomic E-state index is -0.869. The van der Waals surface area contributed by atoms with Crippen LogP contribution in [-0.2, 0) is 6.42 Å². The van der Waals surface area contributed by atoms with Crippen molar-refractivity contribution in [2.45, 2.75) is 33.1 Å². The van der Waals surface area contributed by atoms with Gasteiger partial charge in [0.25, 0.3) is 0 Å². The van der Waals surface area contributed by atoms with E-state index in [0.29, 0.717) is 48.4 Å². The Labute approximate surface area is 195 Å². The van der Waals surface area contributed by atoms with Crippen LogP contribution in [0.15, 0.2) is 41.6 Å². The van der Waals surface area contributed by atoms with Crippen molar-refractivity contribution in [1.82, 2.24) is 10.2 Å². The Hall–Kier alpha value is -3.06. The number of benzene rings is 2. The molecular weight excluding hydrogens is 420 g/mol. The van der Waals surface area contributed by atoms with E-state index in [1.165, 1.54) is 0 Å². The second-order valence-corrected chi connectivity index (χ2v) is 8.45. The summed E-state index contributed by atoms with van der Waals surface area (Å²) in [4.78, 5) is 1.92. The number of likely N-dealkylation sites (N-methyl/N-ethyl adjacent to an activating group) is 1. The maximum atomic E-state index is 14.9. The highest BCUT2D eigenvalue weighted by atomic mass is 19.2. The SMILES string of the molecule is CN/C(C)=C(/CCCc1c(-c2ccc(NC)c(C(=N)CN(C)C)c2)ccc(F)c1F)C(C)=N. The molecule has 0 saturated carbocycles. The maximum absolute atomic E-state index is 14.9. The van der Waals surface area contributed by atoms with Gasteiger partial charge < -0.3 is 26.4 Å². The van der Waals surface area contributed by atoms with Gasteiger partial charge in [0.05, 0.1) is 5.71 Å². The lowest BCUT2D eigenvalue weighted by Crippen LogP contribution is -2.22. The Morgan fingerprint density at radius 2 is 1.73 bits per heavy atom. The first kappa shape index (κ1) is 26.2. The standard InChI is InChI=1S/C26H35F2N5/c1-16(29)19(17(2)31-3)8-7-9-21-20(11-12-23(27)26(21)28)18-10-13-25(32-4)22(14-18)24(30)15-33(5)6/h10-14,29-32H,7-9,15H2,1-6H3/b19-17-,29-16?,30-24?. The molecule has 178 valence electrons. The summed E-state index contributed by atoms with van der Waals surface area (Å²) in [6, 6.07) is 8.37. The second kappa shape index (κ2) is 11.7. The van der Waals surface area contributed by atoms with Crippen LogP contribution in [0.5, 0.6) is 0 Å². The van der Waals surface area contributed by atoms with E-state index in [9.17, 15) is 8.78 Å². The van der Waals surface area contributed by atoms with E-state index in [-0.39, 0.29) is 0 Å². The normalized spacial score (nSPS) is 11.9. The highest BCUT2D eigenvalue weighted by Crippen LogP contribution is 2.32. The van der Waals surface area contributed by atoms with Crippen LogP contribution in [-0.4, -0.2) is 51.1 Å². The molecule has 0 bridgehead atoms. The molecule has 4 N–H and O–H groups in total. The zero-order chi connectivity index (χ0) is 24.7. The molecule has 0 unspecified atom stereocenters. The Balaban J connectivity index is 2.45. The van der Waals surface area contributed by atoms with Gasteiger partial charge in [-0.1, -0.05) is 12.1 Å². The molecule has 0 saturated heterocycles. The van der Waals surface area contributed by atoms with Crippen molar-refractivity contribution < 1.29 is 8.78 Å². The first-order valence-corrected chi connectivity index (χ1v) is 11.0. The monoisotopic (exact) mass is 455 g/mol. The summed E-state index contributed by atoms with van der Waals surface area (Å²) in [6.45, 7) is 4.11. The Morgan fingerprint density at radius 1 is 1.03 bits per heavy atom. The van der Waals surface area contributed by atoms with Crippen molar-refractivity contribution in [3.8, 4) is 11.1 Å². The fourth-order valence-corrected chi connectivity index (χ4v) is 3.94. The molecule has 0 fully saturated rings. The highest BCUT2D eigenvalue weighted by molar-refractivity contribution is 6.05. The third kappa shape index (κ3) is 6.48. The van der Waals surface area contributed by atoms with E-state index in [1.807, 2.05) is 51.2 Å². The predicted molar refractivity (Wildman–Crippen MR) is 135 cm³/mol. The first-order chi connectivity index (χ1) is 15.6. The summed E-state index contributed by atoms with van der Waals surface area (Å²) in [5, 5.41) is 22.7. The fraction of sp³-hybridized carbons (Fsp3) is 0.385. The number of nitrogens with zero attached hydrogens (tertiary/aromatic N) is 1. The van der Waals surface area contributed by atoms with Gasteiger partial charge in [-0.25, -0.2) is 8.78 Å². The summed E-state index contributed by atoms with van der Waals surface area (Å²) in [5.41, 5.74) is 5.93. The van der Waals surface area contributed by atoms with Crippen molar-refractivity contribution in [1.29, 1.82) is 10.8 Å². The van der Waals surface area contributed by atoms with Gasteiger partial charge in [-0.2, -0.15) is 0 Å². The van der Waals surface area contributed by atoms with Gasteiger partial charge in [0, 0.05) is 43.3 Å². The molecular formula is C26H35F2N5. The summed E-state index contributed by atoms with van der Waals surface area (Å²) < 4.78 is 29.1. The molecule has 2 aromatic carbocycles. The van der Waals surface area contributed by atoms with E-state index < -0.39 is 11.6 Å². The van der Waals surface area contributed by atoms with Gasteiger partial charge in [0.1, 0.15) is 0 Å². The predicted octanol–water partition coefficient (Wildman–Crippen LogP) is 5.46. The number of rotatable bonds is 11. The average molecular weight is 456 g/mol. The van der Waals surface area contributed by atoms with Crippen LogP contribution in [0.2, 0.25) is 0 Å². The lowest BCUT2D eigenvalue weighted by Gasteiger charge is -2.18. The molecule has 0 spiro atoms. The number of halogens is 2. The third-order valence-electron chi connectivity index (χ3n) is 5.73. The van der Waals surface area contributed by atoms with E-state index in [4.69, 9.17) is 10.8 Å². The molecule has 0 aliphatic carbocycles. The van der Waals surface area contributed by atoms with E-state index >= 15 is 0 Å². The summed E-state index contributed by atoms with van der Waals surface area (Å²) in [6.07, 6.45) is 1.51. The molecule has 0 aliphatic rings. The van der Waals surface area contributed by atoms with Gasteiger partial charge in [-0.3, -0.25) is 0 Å². The fourth-order valence-electron chi connectivity index (χ4n) is 3.94. The molecule has 5 nitrogen and oxygen atoms in total. The number of anilines is 1. The largest absolute Gasteiger partial charge is 0.391 e. The van der Waals surface area contributed by atoms with Crippen LogP contribution in [0.1, 0.15) is 37.8 Å². The average Bonchev–Trinajstić information content (AvgIpc) is 2.77. The van der Waals surface area contributed by atoms with E-state index in [0.717, 1.165) is 34.2 Å². The molecule has 0 atom stereocenters. The van der Waals surface area contributed by atoms with Crippen molar-refractivity contribution in [2.24, 2.45) is 0 Å². The van der Waals surface area contributed by atoms with Crippen LogP contribution in [0.25, 0.3) is 11.1 Å². The van der Waals surface area contributed by atoms with Crippen molar-refractivity contribution in [3.63, 3.8) is 0 Å². The van der Waals surface area contributed by atoms with Gasteiger partial charge in [0.15, 0.2) is 11.6 Å². The van der Waals surface area contributed by atoms with Crippen molar-refractivity contribution in [3.05, 3.63) is 64.4 Å². The zero-order valence-electron chi connectivity index (χ0n) is 20.4. The molecule has 2 aromatic rings. The van der Waals surface area contributed by atoms with Gasteiger partial charge >= 0.3 is 0 Å². The first-order valence-electron chi connectivity index (χ1n) is 11.0. The van der Waals surface area contributed by atoms with Crippen LogP contribution >= 0.6 is 0 Å². The second-order valence-electron chi connectivity index (χ2n) is 8.45. The quantitative estimate of drug-likeness (QED) is 0.340. The van der Waals surface area contributed by atoms with Crippen LogP contribution in [0.3, 0.4) is 0 Å². The van der Waals surface area contributed by atoms with Gasteiger partial charge in [-0.05, 0) is 87.7 Å². The molecule has 33 heavy (non-hydrogen) atoms. The zero-order valence-corrected chi connectivity index (χ0v) is 20.4. The minimum Gasteiger partial charge on any atom is -0.391 e. The minimum absolute atomic E-state index is 0.321. The highest BCUT2D eigenvalue weighted by Gasteiger charge is 2.18. The molecule has 0 heterocycles. The molecule has 0 aliphatic heterocycles. The topological polar surface area (TPSA) is 75.0 Å². The lowest BCUT2D eigenvalue weighted by molar-refractivity contribution is 0.469. The maximum Gasteiger partial charge on any atom is 0.162 e. The Kier molecular flexibility index (Phi) is 9.29. The molecule has 0 aromatic heterocycles. The number of nitrogens with one attached hydrogen (secondary N) is 4. The molecule has 2 rings (SSSR count). The number of allylic oxidation sites excluding steroid dienone is 2. The van der Waals surface area contributed by atoms with Crippen molar-refractivity contribution in [2.75, 3.05) is 40.1 Å². The van der Waals surface area contributed by atoms with Crippen LogP contribution in [0, 0.1) is 22.5 Å². The molecule has 0 amide bonds. The smallest absolute Gasteiger partial charge is 0.162 e. The summed E-state index contributed by atoms with van der Waals surface area (Å²) >= 11 is 0.